The number of anilines is 1. The second-order valence-electron chi connectivity index (χ2n) is 5.66. The maximum absolute atomic E-state index is 12.2. The third kappa shape index (κ3) is 3.76. The summed E-state index contributed by atoms with van der Waals surface area (Å²) in [6.45, 7) is 4.93. The normalized spacial score (nSPS) is 12.8. The molecule has 0 aliphatic carbocycles. The second-order valence-corrected chi connectivity index (χ2v) is 7.12. The molecule has 2 aromatic rings. The van der Waals surface area contributed by atoms with Crippen molar-refractivity contribution in [3.8, 4) is 11.5 Å². The smallest absolute Gasteiger partial charge is 0.224 e. The Kier molecular flexibility index (Phi) is 4.85. The zero-order valence-electron chi connectivity index (χ0n) is 13.7. The molecular weight excluding hydrogens is 326 g/mol. The van der Waals surface area contributed by atoms with Crippen molar-refractivity contribution < 1.29 is 19.1 Å². The molecule has 1 amide bonds. The third-order valence-electron chi connectivity index (χ3n) is 3.75. The first-order valence-corrected chi connectivity index (χ1v) is 8.64. The molecule has 1 aliphatic rings. The van der Waals surface area contributed by atoms with Crippen molar-refractivity contribution in [3.05, 3.63) is 39.6 Å². The summed E-state index contributed by atoms with van der Waals surface area (Å²) in [5, 5.41) is 2.79. The fourth-order valence-corrected chi connectivity index (χ4v) is 3.56. The van der Waals surface area contributed by atoms with E-state index in [2.05, 4.69) is 5.32 Å². The highest BCUT2D eigenvalue weighted by Gasteiger charge is 2.15. The Morgan fingerprint density at radius 1 is 1.08 bits per heavy atom. The van der Waals surface area contributed by atoms with Gasteiger partial charge in [-0.3, -0.25) is 9.59 Å². The van der Waals surface area contributed by atoms with Gasteiger partial charge in [0, 0.05) is 39.9 Å². The number of ketones is 1. The molecule has 1 aromatic carbocycles. The van der Waals surface area contributed by atoms with Crippen LogP contribution in [-0.4, -0.2) is 24.9 Å². The lowest BCUT2D eigenvalue weighted by Crippen LogP contribution is -2.16. The summed E-state index contributed by atoms with van der Waals surface area (Å²) in [5.74, 6) is 1.12. The quantitative estimate of drug-likeness (QED) is 0.839. The highest BCUT2D eigenvalue weighted by molar-refractivity contribution is 7.12. The van der Waals surface area contributed by atoms with Gasteiger partial charge in [-0.2, -0.15) is 0 Å². The maximum atomic E-state index is 12.2. The van der Waals surface area contributed by atoms with E-state index in [1.807, 2.05) is 19.9 Å². The summed E-state index contributed by atoms with van der Waals surface area (Å²) in [6.07, 6.45) is 0.356. The molecule has 6 heteroatoms. The number of hydrogen-bond acceptors (Lipinski definition) is 5. The van der Waals surface area contributed by atoms with Gasteiger partial charge in [0.15, 0.2) is 17.3 Å². The van der Waals surface area contributed by atoms with Crippen molar-refractivity contribution in [1.82, 2.24) is 0 Å². The van der Waals surface area contributed by atoms with E-state index in [0.29, 0.717) is 30.4 Å². The number of Topliss-reactive ketones (excluding diaryl/α,β-unsaturated/α-hetero) is 1. The van der Waals surface area contributed by atoms with Crippen LogP contribution in [0.2, 0.25) is 0 Å². The van der Waals surface area contributed by atoms with Crippen molar-refractivity contribution in [1.29, 1.82) is 0 Å². The van der Waals surface area contributed by atoms with Crippen LogP contribution in [0.1, 0.15) is 33.0 Å². The standard InChI is InChI=1S/C18H19NO4S/c1-11-9-14(12(2)24-11)15(20)4-6-18(21)19-13-3-5-16-17(10-13)23-8-7-22-16/h3,5,9-10H,4,6-8H2,1-2H3,(H,19,21). The van der Waals surface area contributed by atoms with Gasteiger partial charge in [0.25, 0.3) is 0 Å². The SMILES string of the molecule is Cc1cc(C(=O)CCC(=O)Nc2ccc3c(c2)OCCO3)c(C)s1. The molecule has 1 N–H and O–H groups in total. The largest absolute Gasteiger partial charge is 0.486 e. The Labute approximate surface area is 144 Å². The van der Waals surface area contributed by atoms with Crippen LogP contribution >= 0.6 is 11.3 Å². The van der Waals surface area contributed by atoms with Crippen LogP contribution in [-0.2, 0) is 4.79 Å². The van der Waals surface area contributed by atoms with Crippen LogP contribution in [0.4, 0.5) is 5.69 Å². The molecule has 0 radical (unpaired) electrons. The van der Waals surface area contributed by atoms with E-state index in [9.17, 15) is 9.59 Å². The fraction of sp³-hybridized carbons (Fsp3) is 0.333. The Bertz CT molecular complexity index is 781. The van der Waals surface area contributed by atoms with Gasteiger partial charge in [0.2, 0.25) is 5.91 Å². The van der Waals surface area contributed by atoms with Gasteiger partial charge in [0.1, 0.15) is 13.2 Å². The van der Waals surface area contributed by atoms with E-state index in [-0.39, 0.29) is 24.5 Å². The average molecular weight is 345 g/mol. The van der Waals surface area contributed by atoms with Crippen LogP contribution in [0.25, 0.3) is 0 Å². The van der Waals surface area contributed by atoms with E-state index in [1.54, 1.807) is 29.5 Å². The van der Waals surface area contributed by atoms with Crippen molar-refractivity contribution in [3.63, 3.8) is 0 Å². The molecule has 0 atom stereocenters. The van der Waals surface area contributed by atoms with E-state index < -0.39 is 0 Å². The minimum atomic E-state index is -0.190. The van der Waals surface area contributed by atoms with Gasteiger partial charge >= 0.3 is 0 Å². The molecule has 0 bridgehead atoms. The average Bonchev–Trinajstić information content (AvgIpc) is 2.91. The lowest BCUT2D eigenvalue weighted by atomic mass is 10.1. The van der Waals surface area contributed by atoms with Crippen LogP contribution in [0.5, 0.6) is 11.5 Å². The predicted molar refractivity (Wildman–Crippen MR) is 93.4 cm³/mol. The minimum absolute atomic E-state index is 0.00849. The molecule has 1 aromatic heterocycles. The van der Waals surface area contributed by atoms with Gasteiger partial charge in [-0.05, 0) is 32.0 Å². The molecule has 0 saturated carbocycles. The number of carbonyl (C=O) groups excluding carboxylic acids is 2. The molecule has 24 heavy (non-hydrogen) atoms. The summed E-state index contributed by atoms with van der Waals surface area (Å²) in [5.41, 5.74) is 1.36. The van der Waals surface area contributed by atoms with E-state index >= 15 is 0 Å². The zero-order valence-corrected chi connectivity index (χ0v) is 14.5. The number of hydrogen-bond donors (Lipinski definition) is 1. The van der Waals surface area contributed by atoms with Crippen molar-refractivity contribution in [2.45, 2.75) is 26.7 Å². The predicted octanol–water partition coefficient (Wildman–Crippen LogP) is 3.74. The third-order valence-corrected chi connectivity index (χ3v) is 4.71. The number of fused-ring (bicyclic) bond motifs is 1. The molecule has 0 saturated heterocycles. The van der Waals surface area contributed by atoms with Gasteiger partial charge < -0.3 is 14.8 Å². The molecule has 0 unspecified atom stereocenters. The van der Waals surface area contributed by atoms with E-state index in [0.717, 1.165) is 15.3 Å². The number of rotatable bonds is 5. The zero-order chi connectivity index (χ0) is 17.1. The van der Waals surface area contributed by atoms with Crippen molar-refractivity contribution in [2.75, 3.05) is 18.5 Å². The van der Waals surface area contributed by atoms with Gasteiger partial charge in [-0.1, -0.05) is 0 Å². The lowest BCUT2D eigenvalue weighted by Gasteiger charge is -2.19. The molecule has 0 fully saturated rings. The minimum Gasteiger partial charge on any atom is -0.486 e. The molecule has 2 heterocycles. The first kappa shape index (κ1) is 16.5. The number of aryl methyl sites for hydroxylation is 2. The number of nitrogens with one attached hydrogen (secondary N) is 1. The Hall–Kier alpha value is -2.34. The number of benzene rings is 1. The summed E-state index contributed by atoms with van der Waals surface area (Å²) < 4.78 is 10.9. The lowest BCUT2D eigenvalue weighted by molar-refractivity contribution is -0.116. The van der Waals surface area contributed by atoms with E-state index in [1.165, 1.54) is 0 Å². The number of amides is 1. The molecule has 0 spiro atoms. The molecule has 1 aliphatic heterocycles. The van der Waals surface area contributed by atoms with Gasteiger partial charge in [-0.15, -0.1) is 11.3 Å². The monoisotopic (exact) mass is 345 g/mol. The summed E-state index contributed by atoms with van der Waals surface area (Å²) >= 11 is 1.60. The summed E-state index contributed by atoms with van der Waals surface area (Å²) in [7, 11) is 0. The molecule has 3 rings (SSSR count). The number of thiophene rings is 1. The maximum Gasteiger partial charge on any atom is 0.224 e. The Morgan fingerprint density at radius 2 is 1.83 bits per heavy atom. The van der Waals surface area contributed by atoms with Crippen LogP contribution < -0.4 is 14.8 Å². The number of ether oxygens (including phenoxy) is 2. The van der Waals surface area contributed by atoms with Crippen molar-refractivity contribution >= 4 is 28.7 Å². The molecular formula is C18H19NO4S. The van der Waals surface area contributed by atoms with Crippen LogP contribution in [0, 0.1) is 13.8 Å². The Balaban J connectivity index is 1.56. The summed E-state index contributed by atoms with van der Waals surface area (Å²) in [6, 6.07) is 7.16. The Morgan fingerprint density at radius 3 is 2.54 bits per heavy atom. The first-order chi connectivity index (χ1) is 11.5. The topological polar surface area (TPSA) is 64.6 Å². The van der Waals surface area contributed by atoms with Crippen LogP contribution in [0.3, 0.4) is 0 Å². The highest BCUT2D eigenvalue weighted by Crippen LogP contribution is 2.32. The second kappa shape index (κ2) is 7.05. The fourth-order valence-electron chi connectivity index (χ4n) is 2.61. The van der Waals surface area contributed by atoms with Crippen molar-refractivity contribution in [2.24, 2.45) is 0 Å². The van der Waals surface area contributed by atoms with Gasteiger partial charge in [-0.25, -0.2) is 0 Å². The first-order valence-electron chi connectivity index (χ1n) is 7.82. The number of carbonyl (C=O) groups is 2. The highest BCUT2D eigenvalue weighted by atomic mass is 32.1. The van der Waals surface area contributed by atoms with E-state index in [4.69, 9.17) is 9.47 Å². The summed E-state index contributed by atoms with van der Waals surface area (Å²) in [4.78, 5) is 26.4. The molecule has 126 valence electrons. The molecule has 5 nitrogen and oxygen atoms in total. The van der Waals surface area contributed by atoms with Crippen LogP contribution in [0.15, 0.2) is 24.3 Å². The van der Waals surface area contributed by atoms with Gasteiger partial charge in [0.05, 0.1) is 0 Å².